The minimum absolute atomic E-state index is 0.0466. The number of nitrogens with two attached hydrogens (primary N) is 2. The van der Waals surface area contributed by atoms with Crippen molar-refractivity contribution >= 4 is 18.6 Å². The Bertz CT molecular complexity index is 903. The van der Waals surface area contributed by atoms with Gasteiger partial charge in [-0.15, -0.1) is 0 Å². The maximum absolute atomic E-state index is 12.1. The van der Waals surface area contributed by atoms with Gasteiger partial charge in [0.2, 0.25) is 5.91 Å². The van der Waals surface area contributed by atoms with Crippen LogP contribution in [-0.2, 0) is 4.79 Å². The van der Waals surface area contributed by atoms with Crippen molar-refractivity contribution < 1.29 is 34.1 Å². The normalized spacial score (nSPS) is 25.8. The fourth-order valence-corrected chi connectivity index (χ4v) is 4.43. The number of likely N-dealkylation sites (tertiary alicyclic amines) is 1. The summed E-state index contributed by atoms with van der Waals surface area (Å²) in [5.74, 6) is -2.42. The van der Waals surface area contributed by atoms with Crippen LogP contribution in [0, 0.1) is 0 Å². The van der Waals surface area contributed by atoms with Crippen LogP contribution in [0.15, 0.2) is 12.1 Å². The molecule has 1 amide bonds. The Morgan fingerprint density at radius 3 is 2.77 bits per heavy atom. The van der Waals surface area contributed by atoms with Gasteiger partial charge < -0.3 is 46.1 Å². The van der Waals surface area contributed by atoms with E-state index in [0.29, 0.717) is 44.7 Å². The quantitative estimate of drug-likeness (QED) is 0.266. The molecule has 1 aliphatic carbocycles. The van der Waals surface area contributed by atoms with Crippen LogP contribution in [0.5, 0.6) is 11.5 Å². The zero-order valence-corrected chi connectivity index (χ0v) is 17.2. The van der Waals surface area contributed by atoms with Crippen LogP contribution < -0.4 is 31.3 Å². The molecule has 7 N–H and O–H groups in total. The highest BCUT2D eigenvalue weighted by Gasteiger charge is 2.55. The first-order valence-electron chi connectivity index (χ1n) is 10.4. The van der Waals surface area contributed by atoms with Crippen molar-refractivity contribution in [3.8, 4) is 11.5 Å². The van der Waals surface area contributed by atoms with Gasteiger partial charge in [-0.25, -0.2) is 0 Å². The van der Waals surface area contributed by atoms with Crippen LogP contribution in [-0.4, -0.2) is 77.9 Å². The lowest BCUT2D eigenvalue weighted by molar-refractivity contribution is -0.255. The van der Waals surface area contributed by atoms with Crippen LogP contribution in [0.25, 0.3) is 0 Å². The molecular formula is C19H27BN4O7-2. The van der Waals surface area contributed by atoms with Crippen molar-refractivity contribution in [2.45, 2.75) is 36.7 Å². The van der Waals surface area contributed by atoms with Gasteiger partial charge in [0.15, 0.2) is 0 Å². The average Bonchev–Trinajstić information content (AvgIpc) is 3.45. The van der Waals surface area contributed by atoms with E-state index in [-0.39, 0.29) is 35.0 Å². The van der Waals surface area contributed by atoms with Crippen LogP contribution in [0.2, 0.25) is 5.82 Å². The highest BCUT2D eigenvalue weighted by Crippen LogP contribution is 2.63. The second-order valence-corrected chi connectivity index (χ2v) is 8.92. The van der Waals surface area contributed by atoms with Crippen molar-refractivity contribution in [1.82, 2.24) is 10.2 Å². The molecule has 1 aromatic carbocycles. The predicted octanol–water partition coefficient (Wildman–Crippen LogP) is -2.92. The third kappa shape index (κ3) is 4.09. The van der Waals surface area contributed by atoms with Crippen LogP contribution in [0.3, 0.4) is 0 Å². The van der Waals surface area contributed by atoms with Gasteiger partial charge >= 0.3 is 6.75 Å². The van der Waals surface area contributed by atoms with E-state index in [2.05, 4.69) is 5.32 Å². The SMILES string of the molecule is C[C@@](N)(CN1CC(Oc2ccc3c(c2C(=O)[O-])O[B-](O)(O)C2CC32)C1)C(=O)NCCN. The Hall–Kier alpha value is -2.38. The van der Waals surface area contributed by atoms with Crippen molar-refractivity contribution in [2.24, 2.45) is 11.5 Å². The van der Waals surface area contributed by atoms with Crippen LogP contribution in [0.4, 0.5) is 0 Å². The van der Waals surface area contributed by atoms with Crippen molar-refractivity contribution in [2.75, 3.05) is 32.7 Å². The molecule has 2 heterocycles. The van der Waals surface area contributed by atoms with Crippen LogP contribution in [0.1, 0.15) is 35.2 Å². The molecule has 0 aromatic heterocycles. The average molecular weight is 434 g/mol. The first kappa shape index (κ1) is 21.8. The number of carboxylic acid groups (broad SMARTS) is 1. The lowest BCUT2D eigenvalue weighted by atomic mass is 9.68. The van der Waals surface area contributed by atoms with Gasteiger partial charge in [0.25, 0.3) is 0 Å². The molecule has 1 saturated heterocycles. The number of nitrogens with one attached hydrogen (secondary N) is 1. The molecule has 170 valence electrons. The summed E-state index contributed by atoms with van der Waals surface area (Å²) in [6.45, 7) is 0.365. The van der Waals surface area contributed by atoms with E-state index in [0.717, 1.165) is 0 Å². The zero-order valence-electron chi connectivity index (χ0n) is 17.2. The fraction of sp³-hybridized carbons (Fsp3) is 0.579. The second-order valence-electron chi connectivity index (χ2n) is 8.92. The van der Waals surface area contributed by atoms with Gasteiger partial charge in [-0.1, -0.05) is 18.3 Å². The molecule has 12 heteroatoms. The van der Waals surface area contributed by atoms with Crippen molar-refractivity contribution in [3.05, 3.63) is 23.3 Å². The lowest BCUT2D eigenvalue weighted by Gasteiger charge is -2.43. The number of nitrogens with zero attached hydrogens (tertiary/aromatic N) is 1. The number of hydrogen-bond acceptors (Lipinski definition) is 10. The lowest BCUT2D eigenvalue weighted by Crippen LogP contribution is -2.64. The largest absolute Gasteiger partial charge is 0.669 e. The first-order valence-corrected chi connectivity index (χ1v) is 10.4. The molecule has 11 nitrogen and oxygen atoms in total. The Kier molecular flexibility index (Phi) is 5.38. The molecule has 1 saturated carbocycles. The number of benzene rings is 1. The molecule has 2 aliphatic heterocycles. The number of aromatic carboxylic acids is 1. The van der Waals surface area contributed by atoms with E-state index in [1.54, 1.807) is 19.1 Å². The smallest absolute Gasteiger partial charge is 0.434 e. The maximum Gasteiger partial charge on any atom is 0.434 e. The minimum Gasteiger partial charge on any atom is -0.669 e. The Balaban J connectivity index is 1.41. The number of fused-ring (bicyclic) bond motifs is 3. The summed E-state index contributed by atoms with van der Waals surface area (Å²) in [5, 5.41) is 34.7. The molecule has 2 fully saturated rings. The van der Waals surface area contributed by atoms with Crippen molar-refractivity contribution in [3.63, 3.8) is 0 Å². The molecule has 0 bridgehead atoms. The molecule has 0 spiro atoms. The molecule has 3 atom stereocenters. The summed E-state index contributed by atoms with van der Waals surface area (Å²) < 4.78 is 11.1. The second kappa shape index (κ2) is 7.64. The Morgan fingerprint density at radius 1 is 1.42 bits per heavy atom. The van der Waals surface area contributed by atoms with Gasteiger partial charge in [0.1, 0.15) is 17.4 Å². The van der Waals surface area contributed by atoms with E-state index in [9.17, 15) is 24.7 Å². The molecule has 31 heavy (non-hydrogen) atoms. The Morgan fingerprint density at radius 2 is 2.13 bits per heavy atom. The number of carboxylic acids is 1. The topological polar surface area (TPSA) is 183 Å². The molecule has 4 rings (SSSR count). The number of ether oxygens (including phenoxy) is 1. The van der Waals surface area contributed by atoms with Gasteiger partial charge in [-0.05, 0) is 24.5 Å². The van der Waals surface area contributed by atoms with Crippen molar-refractivity contribution in [1.29, 1.82) is 0 Å². The summed E-state index contributed by atoms with van der Waals surface area (Å²) in [6.07, 6.45) is 0.205. The van der Waals surface area contributed by atoms with Crippen LogP contribution >= 0.6 is 0 Å². The zero-order chi connectivity index (χ0) is 22.6. The third-order valence-electron chi connectivity index (χ3n) is 6.16. The number of amides is 1. The molecule has 3 aliphatic rings. The minimum atomic E-state index is -3.12. The van der Waals surface area contributed by atoms with E-state index >= 15 is 0 Å². The van der Waals surface area contributed by atoms with E-state index in [1.807, 2.05) is 4.90 Å². The number of rotatable bonds is 8. The molecule has 1 aromatic rings. The fourth-order valence-electron chi connectivity index (χ4n) is 4.43. The highest BCUT2D eigenvalue weighted by molar-refractivity contribution is 6.62. The summed E-state index contributed by atoms with van der Waals surface area (Å²) in [6, 6.07) is 3.25. The molecule has 2 unspecified atom stereocenters. The first-order chi connectivity index (χ1) is 14.5. The standard InChI is InChI=1S/C19H28BN4O7/c1-19(22,18(27)23-5-4-21)9-24-7-10(8-24)30-14-3-2-11-12-6-13(12)20(28,29)31-16(11)15(14)17(25)26/h2-3,10,12-13,28-29H,4-9,21-22H2,1H3,(H,23,27)(H,25,26)/q-1/p-1/t12?,13?,19-/m1/s1. The summed E-state index contributed by atoms with van der Waals surface area (Å²) in [7, 11) is 0. The predicted molar refractivity (Wildman–Crippen MR) is 108 cm³/mol. The third-order valence-corrected chi connectivity index (χ3v) is 6.16. The summed E-state index contributed by atoms with van der Waals surface area (Å²) >= 11 is 0. The number of carbonyl (C=O) groups excluding carboxylic acids is 2. The highest BCUT2D eigenvalue weighted by atomic mass is 16.6. The number of carbonyl (C=O) groups is 2. The summed E-state index contributed by atoms with van der Waals surface area (Å²) in [4.78, 5) is 25.9. The monoisotopic (exact) mass is 434 g/mol. The van der Waals surface area contributed by atoms with E-state index < -0.39 is 24.1 Å². The van der Waals surface area contributed by atoms with Gasteiger partial charge in [-0.2, -0.15) is 0 Å². The summed E-state index contributed by atoms with van der Waals surface area (Å²) in [5.41, 5.74) is 10.7. The maximum atomic E-state index is 12.1. The van der Waals surface area contributed by atoms with E-state index in [1.165, 1.54) is 0 Å². The Labute approximate surface area is 179 Å². The number of hydrogen-bond donors (Lipinski definition) is 5. The molecular weight excluding hydrogens is 407 g/mol. The van der Waals surface area contributed by atoms with Gasteiger partial charge in [0.05, 0.1) is 17.3 Å². The van der Waals surface area contributed by atoms with Gasteiger partial charge in [-0.3, -0.25) is 9.69 Å². The van der Waals surface area contributed by atoms with Gasteiger partial charge in [0, 0.05) is 32.7 Å². The van der Waals surface area contributed by atoms with E-state index in [4.69, 9.17) is 20.9 Å². The molecule has 0 radical (unpaired) electrons.